The molecule has 0 fully saturated rings. The lowest BCUT2D eigenvalue weighted by molar-refractivity contribution is 0.516. The van der Waals surface area contributed by atoms with Crippen molar-refractivity contribution in [1.82, 2.24) is 0 Å². The molecule has 20 heavy (non-hydrogen) atoms. The highest BCUT2D eigenvalue weighted by Crippen LogP contribution is 2.12. The summed E-state index contributed by atoms with van der Waals surface area (Å²) in [4.78, 5) is 0. The van der Waals surface area contributed by atoms with Gasteiger partial charge in [-0.15, -0.1) is 0 Å². The molecule has 120 valence electrons. The quantitative estimate of drug-likeness (QED) is 0.213. The molecule has 0 aliphatic heterocycles. The van der Waals surface area contributed by atoms with Gasteiger partial charge in [-0.3, -0.25) is 0 Å². The first-order chi connectivity index (χ1) is 9.77. The topological polar surface area (TPSA) is 0 Å². The molecular weight excluding hydrogens is 240 g/mol. The minimum absolute atomic E-state index is 0.889. The summed E-state index contributed by atoms with van der Waals surface area (Å²) in [5, 5.41) is 0. The second-order valence-corrected chi connectivity index (χ2v) is 6.77. The highest BCUT2D eigenvalue weighted by molar-refractivity contribution is 4.81. The van der Waals surface area contributed by atoms with Gasteiger partial charge in [0.2, 0.25) is 0 Å². The molecule has 0 spiro atoms. The standard InChI is InChI=1S/C20H40/c1-4-5-6-7-8-9-10-11-12-13-14-15-16-17-18-19-20(2)3/h11-12,20H,4-10,13-19H2,1-3H3/b12-11+. The molecule has 0 amide bonds. The summed E-state index contributed by atoms with van der Waals surface area (Å²) in [5.41, 5.74) is 0. The Hall–Kier alpha value is -0.260. The van der Waals surface area contributed by atoms with E-state index in [-0.39, 0.29) is 0 Å². The Morgan fingerprint density at radius 3 is 1.55 bits per heavy atom. The third-order valence-corrected chi connectivity index (χ3v) is 4.04. The smallest absolute Gasteiger partial charge is 0.0351 e. The van der Waals surface area contributed by atoms with E-state index < -0.39 is 0 Å². The predicted octanol–water partition coefficient (Wildman–Crippen LogP) is 7.68. The zero-order valence-electron chi connectivity index (χ0n) is 14.6. The Bertz CT molecular complexity index is 190. The number of rotatable bonds is 15. The van der Waals surface area contributed by atoms with Gasteiger partial charge in [-0.1, -0.05) is 97.1 Å². The van der Waals surface area contributed by atoms with E-state index in [0.717, 1.165) is 5.92 Å². The molecule has 0 unspecified atom stereocenters. The van der Waals surface area contributed by atoms with Gasteiger partial charge in [0.1, 0.15) is 0 Å². The maximum Gasteiger partial charge on any atom is -0.0351 e. The normalized spacial score (nSPS) is 11.8. The lowest BCUT2D eigenvalue weighted by Gasteiger charge is -2.03. The van der Waals surface area contributed by atoms with Gasteiger partial charge in [-0.05, 0) is 31.6 Å². The molecule has 0 radical (unpaired) electrons. The SMILES string of the molecule is CCCCCCCC/C=C/CCCCCCCC(C)C. The first kappa shape index (κ1) is 19.7. The largest absolute Gasteiger partial charge is 0.0885 e. The van der Waals surface area contributed by atoms with Crippen molar-refractivity contribution in [1.29, 1.82) is 0 Å². The molecule has 0 atom stereocenters. The number of allylic oxidation sites excluding steroid dienone is 2. The highest BCUT2D eigenvalue weighted by Gasteiger charge is 1.94. The van der Waals surface area contributed by atoms with Crippen molar-refractivity contribution >= 4 is 0 Å². The average Bonchev–Trinajstić information content (AvgIpc) is 2.43. The first-order valence-corrected chi connectivity index (χ1v) is 9.42. The second kappa shape index (κ2) is 16.8. The molecule has 0 aliphatic rings. The average molecular weight is 281 g/mol. The Morgan fingerprint density at radius 1 is 0.600 bits per heavy atom. The van der Waals surface area contributed by atoms with Crippen LogP contribution < -0.4 is 0 Å². The van der Waals surface area contributed by atoms with Gasteiger partial charge in [0.25, 0.3) is 0 Å². The zero-order valence-corrected chi connectivity index (χ0v) is 14.6. The molecule has 0 rings (SSSR count). The van der Waals surface area contributed by atoms with Crippen LogP contribution >= 0.6 is 0 Å². The van der Waals surface area contributed by atoms with Crippen molar-refractivity contribution in [2.75, 3.05) is 0 Å². The fraction of sp³-hybridized carbons (Fsp3) is 0.900. The van der Waals surface area contributed by atoms with E-state index in [9.17, 15) is 0 Å². The summed E-state index contributed by atoms with van der Waals surface area (Å²) in [5.74, 6) is 0.889. The predicted molar refractivity (Wildman–Crippen MR) is 94.3 cm³/mol. The van der Waals surface area contributed by atoms with Crippen molar-refractivity contribution in [2.45, 2.75) is 111 Å². The van der Waals surface area contributed by atoms with Gasteiger partial charge < -0.3 is 0 Å². The summed E-state index contributed by atoms with van der Waals surface area (Å²) < 4.78 is 0. The summed E-state index contributed by atoms with van der Waals surface area (Å²) in [6, 6.07) is 0. The molecule has 0 aromatic rings. The van der Waals surface area contributed by atoms with E-state index in [1.807, 2.05) is 0 Å². The van der Waals surface area contributed by atoms with E-state index >= 15 is 0 Å². The second-order valence-electron chi connectivity index (χ2n) is 6.77. The van der Waals surface area contributed by atoms with Crippen LogP contribution in [0.25, 0.3) is 0 Å². The summed E-state index contributed by atoms with van der Waals surface area (Å²) in [7, 11) is 0. The van der Waals surface area contributed by atoms with Gasteiger partial charge >= 0.3 is 0 Å². The molecule has 0 N–H and O–H groups in total. The van der Waals surface area contributed by atoms with Gasteiger partial charge in [-0.25, -0.2) is 0 Å². The maximum atomic E-state index is 2.42. The van der Waals surface area contributed by atoms with Gasteiger partial charge in [0.15, 0.2) is 0 Å². The minimum Gasteiger partial charge on any atom is -0.0885 e. The lowest BCUT2D eigenvalue weighted by atomic mass is 10.0. The lowest BCUT2D eigenvalue weighted by Crippen LogP contribution is -1.87. The Balaban J connectivity index is 3.05. The monoisotopic (exact) mass is 280 g/mol. The van der Waals surface area contributed by atoms with Crippen LogP contribution in [-0.4, -0.2) is 0 Å². The fourth-order valence-electron chi connectivity index (χ4n) is 2.62. The molecule has 0 nitrogen and oxygen atoms in total. The minimum atomic E-state index is 0.889. The number of unbranched alkanes of at least 4 members (excludes halogenated alkanes) is 11. The number of hydrogen-bond acceptors (Lipinski definition) is 0. The zero-order chi connectivity index (χ0) is 14.9. The molecule has 0 saturated heterocycles. The van der Waals surface area contributed by atoms with Crippen LogP contribution in [0.3, 0.4) is 0 Å². The molecular formula is C20H40. The summed E-state index contributed by atoms with van der Waals surface area (Å²) in [6.45, 7) is 6.94. The molecule has 0 aromatic heterocycles. The van der Waals surface area contributed by atoms with Crippen molar-refractivity contribution in [3.8, 4) is 0 Å². The molecule has 0 heteroatoms. The van der Waals surface area contributed by atoms with Crippen molar-refractivity contribution < 1.29 is 0 Å². The maximum absolute atomic E-state index is 2.42. The van der Waals surface area contributed by atoms with Crippen LogP contribution in [0.5, 0.6) is 0 Å². The third-order valence-electron chi connectivity index (χ3n) is 4.04. The molecule has 0 heterocycles. The Labute approximate surface area is 129 Å². The van der Waals surface area contributed by atoms with E-state index in [1.54, 1.807) is 0 Å². The molecule has 0 aromatic carbocycles. The number of hydrogen-bond donors (Lipinski definition) is 0. The van der Waals surface area contributed by atoms with E-state index in [2.05, 4.69) is 32.9 Å². The Morgan fingerprint density at radius 2 is 1.05 bits per heavy atom. The van der Waals surface area contributed by atoms with Crippen LogP contribution in [0.4, 0.5) is 0 Å². The Kier molecular flexibility index (Phi) is 16.6. The molecule has 0 bridgehead atoms. The van der Waals surface area contributed by atoms with E-state index in [4.69, 9.17) is 0 Å². The van der Waals surface area contributed by atoms with Crippen LogP contribution in [0, 0.1) is 5.92 Å². The first-order valence-electron chi connectivity index (χ1n) is 9.42. The van der Waals surface area contributed by atoms with Crippen molar-refractivity contribution in [3.63, 3.8) is 0 Å². The highest BCUT2D eigenvalue weighted by atomic mass is 14.0. The third kappa shape index (κ3) is 17.7. The summed E-state index contributed by atoms with van der Waals surface area (Å²) in [6.07, 6.45) is 24.5. The van der Waals surface area contributed by atoms with Crippen molar-refractivity contribution in [2.24, 2.45) is 5.92 Å². The van der Waals surface area contributed by atoms with Gasteiger partial charge in [0, 0.05) is 0 Å². The van der Waals surface area contributed by atoms with E-state index in [0.29, 0.717) is 0 Å². The molecule has 0 saturated carbocycles. The van der Waals surface area contributed by atoms with Crippen LogP contribution in [-0.2, 0) is 0 Å². The fourth-order valence-corrected chi connectivity index (χ4v) is 2.62. The van der Waals surface area contributed by atoms with Gasteiger partial charge in [-0.2, -0.15) is 0 Å². The van der Waals surface area contributed by atoms with Crippen molar-refractivity contribution in [3.05, 3.63) is 12.2 Å². The van der Waals surface area contributed by atoms with Gasteiger partial charge in [0.05, 0.1) is 0 Å². The van der Waals surface area contributed by atoms with Crippen LogP contribution in [0.2, 0.25) is 0 Å². The van der Waals surface area contributed by atoms with Crippen LogP contribution in [0.15, 0.2) is 12.2 Å². The summed E-state index contributed by atoms with van der Waals surface area (Å²) >= 11 is 0. The molecule has 0 aliphatic carbocycles. The van der Waals surface area contributed by atoms with E-state index in [1.165, 1.54) is 89.9 Å². The van der Waals surface area contributed by atoms with Crippen LogP contribution in [0.1, 0.15) is 111 Å².